The topological polar surface area (TPSA) is 55.1 Å². The van der Waals surface area contributed by atoms with Crippen molar-refractivity contribution < 1.29 is 30.0 Å². The number of aromatic nitrogens is 2. The van der Waals surface area contributed by atoms with Crippen molar-refractivity contribution in [3.05, 3.63) is 119 Å². The van der Waals surface area contributed by atoms with Gasteiger partial charge >= 0.3 is 0 Å². The van der Waals surface area contributed by atoms with Crippen LogP contribution in [0.3, 0.4) is 0 Å². The fourth-order valence-electron chi connectivity index (χ4n) is 7.36. The second kappa shape index (κ2) is 18.4. The molecule has 7 rings (SSSR count). The molecular formula is C48H53IrN2O2S2-. The number of nitrogens with zero attached hydrogens (tertiary/aromatic N) is 2. The number of allylic oxidation sites excluding steroid dienone is 2. The van der Waals surface area contributed by atoms with Crippen molar-refractivity contribution in [2.75, 3.05) is 0 Å². The molecule has 0 amide bonds. The van der Waals surface area contributed by atoms with Crippen LogP contribution in [0.4, 0.5) is 0 Å². The molecule has 289 valence electrons. The first kappa shape index (κ1) is 42.3. The summed E-state index contributed by atoms with van der Waals surface area (Å²) in [6.07, 6.45) is 7.94. The zero-order valence-electron chi connectivity index (χ0n) is 33.3. The first-order valence-electron chi connectivity index (χ1n) is 19.4. The zero-order valence-corrected chi connectivity index (χ0v) is 37.4. The van der Waals surface area contributed by atoms with Gasteiger partial charge in [-0.1, -0.05) is 113 Å². The van der Waals surface area contributed by atoms with Crippen LogP contribution in [0.5, 0.6) is 0 Å². The molecule has 0 aliphatic rings. The number of rotatable bonds is 11. The number of fused-ring (bicyclic) bond motifs is 5. The summed E-state index contributed by atoms with van der Waals surface area (Å²) in [5, 5.41) is 13.4. The Morgan fingerprint density at radius 2 is 1.53 bits per heavy atom. The smallest absolute Gasteiger partial charge is 0.162 e. The molecule has 55 heavy (non-hydrogen) atoms. The summed E-state index contributed by atoms with van der Waals surface area (Å²) in [5.41, 5.74) is 7.13. The van der Waals surface area contributed by atoms with E-state index in [0.29, 0.717) is 0 Å². The van der Waals surface area contributed by atoms with Crippen LogP contribution in [0.1, 0.15) is 83.9 Å². The van der Waals surface area contributed by atoms with E-state index in [-0.39, 0.29) is 48.9 Å². The van der Waals surface area contributed by atoms with Gasteiger partial charge < -0.3 is 9.67 Å². The molecule has 0 saturated carbocycles. The molecule has 7 aromatic rings. The van der Waals surface area contributed by atoms with E-state index in [1.807, 2.05) is 56.6 Å². The molecule has 4 heterocycles. The quantitative estimate of drug-likeness (QED) is 0.0799. The monoisotopic (exact) mass is 946 g/mol. The average molecular weight is 946 g/mol. The minimum absolute atomic E-state index is 0. The number of aliphatic hydroxyl groups excluding tert-OH is 1. The van der Waals surface area contributed by atoms with E-state index in [9.17, 15) is 9.90 Å². The van der Waals surface area contributed by atoms with Gasteiger partial charge in [-0.15, -0.1) is 17.4 Å². The standard InChI is InChI=1S/C35H29N2S2.C13H24O2.Ir/c1-22-18-29-33-27(26-12-8-9-13-31(26)37(33)24-10-6-5-7-11-24)20-28(34(29)38-22)30-19-23(16-17-36-30)32-15-14-25(39-32)21-35(2,3)4;1-5-10(6-2)12(14)9-13(15)11(7-3)8-4;/h5-19H,21H2,1-4H3;9-11,14H,5-8H2,1-4H3;/q-1;;/b;12-9-;. The zero-order chi connectivity index (χ0) is 38.6. The van der Waals surface area contributed by atoms with E-state index in [0.717, 1.165) is 48.7 Å². The van der Waals surface area contributed by atoms with Gasteiger partial charge in [0.05, 0.1) is 5.76 Å². The first-order valence-corrected chi connectivity index (χ1v) is 21.0. The van der Waals surface area contributed by atoms with Crippen molar-refractivity contribution in [1.29, 1.82) is 0 Å². The number of aryl methyl sites for hydroxylation is 1. The maximum atomic E-state index is 11.7. The van der Waals surface area contributed by atoms with Crippen molar-refractivity contribution in [2.45, 2.75) is 87.5 Å². The summed E-state index contributed by atoms with van der Waals surface area (Å²) >= 11 is 3.72. The van der Waals surface area contributed by atoms with E-state index in [1.54, 1.807) is 0 Å². The van der Waals surface area contributed by atoms with Crippen molar-refractivity contribution in [1.82, 2.24) is 9.55 Å². The Labute approximate surface area is 348 Å². The molecule has 1 radical (unpaired) electrons. The van der Waals surface area contributed by atoms with Crippen LogP contribution >= 0.6 is 22.7 Å². The van der Waals surface area contributed by atoms with Gasteiger partial charge in [-0.25, -0.2) is 0 Å². The molecule has 4 nitrogen and oxygen atoms in total. The molecule has 0 aliphatic heterocycles. The van der Waals surface area contributed by atoms with Crippen molar-refractivity contribution in [3.8, 4) is 27.4 Å². The summed E-state index contributed by atoms with van der Waals surface area (Å²) in [5.74, 6) is 0.547. The number of ketones is 1. The van der Waals surface area contributed by atoms with Gasteiger partial charge in [-0.2, -0.15) is 11.3 Å². The van der Waals surface area contributed by atoms with E-state index in [1.165, 1.54) is 58.5 Å². The number of carbonyl (C=O) groups is 1. The van der Waals surface area contributed by atoms with Crippen LogP contribution in [-0.4, -0.2) is 20.4 Å². The van der Waals surface area contributed by atoms with Gasteiger partial charge in [0.1, 0.15) is 0 Å². The number of thiophene rings is 2. The van der Waals surface area contributed by atoms with Gasteiger partial charge in [0.2, 0.25) is 0 Å². The van der Waals surface area contributed by atoms with Gasteiger partial charge in [-0.05, 0) is 107 Å². The predicted molar refractivity (Wildman–Crippen MR) is 233 cm³/mol. The third kappa shape index (κ3) is 9.40. The SMILES string of the molecule is CCC(CC)C(=O)/C=C(\O)C(CC)CC.Cc1cc2c(s1)c(-c1cc(-c3ccc(CC(C)(C)C)s3)ccn1)[c-]c1c3ccccc3n(-c3ccccc3)c12.[Ir]. The second-order valence-electron chi connectivity index (χ2n) is 15.4. The van der Waals surface area contributed by atoms with Crippen LogP contribution in [-0.2, 0) is 31.3 Å². The van der Waals surface area contributed by atoms with Crippen LogP contribution in [0.25, 0.3) is 59.3 Å². The minimum Gasteiger partial charge on any atom is -0.512 e. The molecule has 0 unspecified atom stereocenters. The Kier molecular flexibility index (Phi) is 14.1. The molecule has 7 heteroatoms. The Bertz CT molecular complexity index is 2400. The van der Waals surface area contributed by atoms with Gasteiger partial charge in [0.25, 0.3) is 0 Å². The van der Waals surface area contributed by atoms with Crippen LogP contribution in [0.15, 0.2) is 103 Å². The number of benzene rings is 3. The van der Waals surface area contributed by atoms with Gasteiger partial charge in [-0.3, -0.25) is 9.78 Å². The maximum absolute atomic E-state index is 11.7. The molecule has 0 fully saturated rings. The molecule has 0 spiro atoms. The van der Waals surface area contributed by atoms with E-state index >= 15 is 0 Å². The van der Waals surface area contributed by atoms with E-state index < -0.39 is 0 Å². The van der Waals surface area contributed by atoms with E-state index in [2.05, 4.69) is 123 Å². The van der Waals surface area contributed by atoms with Gasteiger partial charge in [0, 0.05) is 70.9 Å². The summed E-state index contributed by atoms with van der Waals surface area (Å²) < 4.78 is 3.63. The third-order valence-corrected chi connectivity index (χ3v) is 12.4. The molecular weight excluding hydrogens is 893 g/mol. The number of hydrogen-bond acceptors (Lipinski definition) is 5. The maximum Gasteiger partial charge on any atom is 0.162 e. The molecule has 0 aliphatic carbocycles. The van der Waals surface area contributed by atoms with Gasteiger partial charge in [0.15, 0.2) is 5.78 Å². The van der Waals surface area contributed by atoms with Crippen LogP contribution in [0, 0.1) is 30.2 Å². The van der Waals surface area contributed by atoms with Crippen molar-refractivity contribution in [2.24, 2.45) is 17.3 Å². The van der Waals surface area contributed by atoms with Crippen LogP contribution in [0.2, 0.25) is 0 Å². The number of hydrogen-bond donors (Lipinski definition) is 1. The summed E-state index contributed by atoms with van der Waals surface area (Å²) in [6, 6.07) is 34.5. The Balaban J connectivity index is 0.000000311. The normalized spacial score (nSPS) is 12.1. The average Bonchev–Trinajstić information content (AvgIpc) is 3.87. The molecule has 3 aromatic carbocycles. The fourth-order valence-corrected chi connectivity index (χ4v) is 9.68. The Morgan fingerprint density at radius 1 is 0.855 bits per heavy atom. The number of carbonyl (C=O) groups excluding carboxylic acids is 1. The fraction of sp³-hybridized carbons (Fsp3) is 0.333. The third-order valence-electron chi connectivity index (χ3n) is 10.2. The van der Waals surface area contributed by atoms with Crippen molar-refractivity contribution >= 4 is 60.3 Å². The largest absolute Gasteiger partial charge is 0.512 e. The van der Waals surface area contributed by atoms with Crippen LogP contribution < -0.4 is 0 Å². The minimum atomic E-state index is 0. The molecule has 4 aromatic heterocycles. The van der Waals surface area contributed by atoms with E-state index in [4.69, 9.17) is 4.98 Å². The molecule has 0 bridgehead atoms. The van der Waals surface area contributed by atoms with Crippen molar-refractivity contribution in [3.63, 3.8) is 0 Å². The second-order valence-corrected chi connectivity index (χ2v) is 17.9. The molecule has 0 atom stereocenters. The predicted octanol–water partition coefficient (Wildman–Crippen LogP) is 14.4. The first-order chi connectivity index (χ1) is 26.0. The number of pyridine rings is 1. The number of para-hydroxylation sites is 2. The Morgan fingerprint density at radius 3 is 2.20 bits per heavy atom. The Hall–Kier alpha value is -3.87. The molecule has 1 N–H and O–H groups in total. The number of aliphatic hydroxyl groups is 1. The summed E-state index contributed by atoms with van der Waals surface area (Å²) in [4.78, 5) is 20.6. The molecule has 0 saturated heterocycles. The summed E-state index contributed by atoms with van der Waals surface area (Å²) in [6.45, 7) is 17.2. The summed E-state index contributed by atoms with van der Waals surface area (Å²) in [7, 11) is 0.